The number of piperidine rings is 5. The number of hydroxylamine groups is 2. The van der Waals surface area contributed by atoms with E-state index >= 15 is 0 Å². The highest BCUT2D eigenvalue weighted by Crippen LogP contribution is 2.42. The first-order valence-corrected chi connectivity index (χ1v) is 36.9. The van der Waals surface area contributed by atoms with Gasteiger partial charge in [-0.1, -0.05) is 99.1 Å². The van der Waals surface area contributed by atoms with Crippen LogP contribution in [0.2, 0.25) is 0 Å². The Bertz CT molecular complexity index is 2250. The largest absolute Gasteiger partial charge is 0.507 e. The molecule has 1 aromatic rings. The summed E-state index contributed by atoms with van der Waals surface area (Å²) < 4.78 is 38.8. The fourth-order valence-corrected chi connectivity index (χ4v) is 16.1. The summed E-state index contributed by atoms with van der Waals surface area (Å²) in [6, 6.07) is 4.42. The molecule has 5 saturated heterocycles. The molecule has 0 aliphatic carbocycles. The van der Waals surface area contributed by atoms with E-state index in [1.165, 1.54) is 36.3 Å². The zero-order valence-corrected chi connectivity index (χ0v) is 67.2. The Morgan fingerprint density at radius 3 is 1.21 bits per heavy atom. The Morgan fingerprint density at radius 1 is 0.495 bits per heavy atom. The molecule has 0 saturated carbocycles. The predicted molar refractivity (Wildman–Crippen MR) is 394 cm³/mol. The summed E-state index contributed by atoms with van der Waals surface area (Å²) in [6.07, 6.45) is 21.9. The average Bonchev–Trinajstić information content (AvgIpc) is 0.811. The Hall–Kier alpha value is -2.03. The molecule has 0 amide bonds. The van der Waals surface area contributed by atoms with E-state index in [1.807, 2.05) is 27.7 Å². The van der Waals surface area contributed by atoms with Crippen molar-refractivity contribution in [1.29, 1.82) is 0 Å². The van der Waals surface area contributed by atoms with Gasteiger partial charge in [0.2, 0.25) is 0 Å². The molecule has 5 fully saturated rings. The maximum atomic E-state index is 12.3. The molecule has 0 radical (unpaired) electrons. The summed E-state index contributed by atoms with van der Waals surface area (Å²) in [5.41, 5.74) is 3.75. The van der Waals surface area contributed by atoms with Crippen LogP contribution in [0, 0.1) is 0 Å². The Morgan fingerprint density at radius 2 is 0.842 bits per heavy atom. The molecule has 95 heavy (non-hydrogen) atoms. The van der Waals surface area contributed by atoms with Gasteiger partial charge < -0.3 is 64.5 Å². The van der Waals surface area contributed by atoms with Gasteiger partial charge in [0.1, 0.15) is 32.2 Å². The molecule has 6 rings (SSSR count). The maximum absolute atomic E-state index is 12.3. The zero-order valence-electron chi connectivity index (χ0n) is 67.2. The van der Waals surface area contributed by atoms with Crippen LogP contribution >= 0.6 is 0 Å². The van der Waals surface area contributed by atoms with E-state index in [2.05, 4.69) is 199 Å². The molecule has 5 aliphatic heterocycles. The number of aromatic hydroxyl groups is 1. The van der Waals surface area contributed by atoms with Gasteiger partial charge in [0.25, 0.3) is 0 Å². The van der Waals surface area contributed by atoms with Gasteiger partial charge in [-0.25, -0.2) is 0 Å². The molecular formula is C79H153N5O11. The van der Waals surface area contributed by atoms with Crippen LogP contribution in [0.3, 0.4) is 0 Å². The van der Waals surface area contributed by atoms with Crippen LogP contribution in [0.4, 0.5) is 0 Å². The average molecular weight is 1350 g/mol. The molecule has 5 aliphatic rings. The Balaban J connectivity index is 0.000000431. The van der Waals surface area contributed by atoms with Crippen molar-refractivity contribution >= 4 is 5.97 Å². The number of phenolic OH excluding ortho intramolecular Hbond substituents is 1. The van der Waals surface area contributed by atoms with Crippen LogP contribution in [0.25, 0.3) is 0 Å². The minimum Gasteiger partial charge on any atom is -0.507 e. The number of carbonyl (C=O) groups excluding carboxylic acids is 1. The van der Waals surface area contributed by atoms with Gasteiger partial charge in [-0.3, -0.25) is 9.69 Å². The number of aliphatic hydroxyl groups excluding tert-OH is 1. The van der Waals surface area contributed by atoms with Gasteiger partial charge in [0.05, 0.1) is 24.4 Å². The van der Waals surface area contributed by atoms with Crippen molar-refractivity contribution in [2.45, 2.75) is 419 Å². The number of methoxy groups -OCH3 is 2. The number of hydrogen-bond donors (Lipinski definition) is 6. The molecule has 16 nitrogen and oxygen atoms in total. The number of nitrogens with one attached hydrogen (secondary N) is 3. The van der Waals surface area contributed by atoms with E-state index in [1.54, 1.807) is 14.2 Å². The van der Waals surface area contributed by atoms with Gasteiger partial charge in [-0.05, 0) is 250 Å². The summed E-state index contributed by atoms with van der Waals surface area (Å²) in [5, 5.41) is 42.3. The van der Waals surface area contributed by atoms with E-state index in [9.17, 15) is 20.2 Å². The fourth-order valence-electron chi connectivity index (χ4n) is 16.1. The van der Waals surface area contributed by atoms with Crippen LogP contribution in [-0.2, 0) is 55.2 Å². The molecule has 16 heteroatoms. The smallest absolute Gasteiger partial charge is 0.306 e. The number of aryl methyl sites for hydroxylation is 1. The lowest BCUT2D eigenvalue weighted by Crippen LogP contribution is -2.60. The third-order valence-corrected chi connectivity index (χ3v) is 19.6. The number of phenols is 1. The van der Waals surface area contributed by atoms with Gasteiger partial charge >= 0.3 is 5.97 Å². The second-order valence-corrected chi connectivity index (χ2v) is 37.7. The second-order valence-electron chi connectivity index (χ2n) is 37.7. The predicted octanol–water partition coefficient (Wildman–Crippen LogP) is 17.2. The molecule has 1 aromatic carbocycles. The number of aliphatic hydroxyl groups is 1. The maximum Gasteiger partial charge on any atom is 0.306 e. The van der Waals surface area contributed by atoms with Crippen LogP contribution in [0.1, 0.15) is 332 Å². The summed E-state index contributed by atoms with van der Waals surface area (Å²) in [4.78, 5) is 14.7. The van der Waals surface area contributed by atoms with Crippen molar-refractivity contribution in [3.8, 4) is 5.75 Å². The topological polar surface area (TPSA) is 185 Å². The Kier molecular flexibility index (Phi) is 34.9. The first-order chi connectivity index (χ1) is 43.1. The normalized spacial score (nSPS) is 23.3. The lowest BCUT2D eigenvalue weighted by molar-refractivity contribution is -0.257. The molecule has 560 valence electrons. The van der Waals surface area contributed by atoms with Gasteiger partial charge in [0.15, 0.2) is 0 Å². The molecule has 0 bridgehead atoms. The molecule has 6 N–H and O–H groups in total. The van der Waals surface area contributed by atoms with Gasteiger partial charge in [-0.15, -0.1) is 0 Å². The molecule has 0 aromatic heterocycles. The molecule has 0 unspecified atom stereocenters. The molecule has 0 spiro atoms. The zero-order chi connectivity index (χ0) is 73.1. The van der Waals surface area contributed by atoms with Crippen molar-refractivity contribution in [3.05, 3.63) is 28.8 Å². The van der Waals surface area contributed by atoms with Crippen molar-refractivity contribution in [2.24, 2.45) is 0 Å². The summed E-state index contributed by atoms with van der Waals surface area (Å²) in [5.74, 6) is 0.455. The number of unbranched alkanes of at least 4 members (excludes halogenated alkanes) is 7. The standard InChI is InChI=1S/C28H54N2O4.C19H32O.C12H25NO2.C11H23NO2.C9H19NO2/c1-25(2)17-22(18-26(3,4)29-25)33-21-32-16-14-12-10-9-11-13-15-24(31)34-23-19-27(5,6)30-28(7,8)20-23;1-8-9-10-11-14-12-15(18(2,3)4)17(20)16(13-14)19(5,6)7;1-11(2)7-10(15-9-14-6)8-12(3,4)13(11)5;1-10(2)6-9(14-8-13-5)7-11(3,4)12-10;1-8(2)5-7(11)6-9(3,4)10(8)12/h22-23,29-30H,9-21H2,1-8H3;12-13,20H,8-11H2,1-7H3;10H,7-9H2,1-6H3;9,12H,6-8H2,1-5H3;7,11-12H,5-6H2,1-4H3. The van der Waals surface area contributed by atoms with E-state index in [0.717, 1.165) is 108 Å². The second kappa shape index (κ2) is 37.2. The van der Waals surface area contributed by atoms with E-state index in [-0.39, 0.29) is 90.5 Å². The number of likely N-dealkylation sites (tertiary alicyclic amines) is 1. The minimum absolute atomic E-state index is 0.00369. The number of benzene rings is 1. The molecule has 5 heterocycles. The highest BCUT2D eigenvalue weighted by Gasteiger charge is 2.46. The molecular weight excluding hydrogens is 1190 g/mol. The number of hydrogen-bond acceptors (Lipinski definition) is 16. The van der Waals surface area contributed by atoms with Crippen LogP contribution in [0.5, 0.6) is 5.75 Å². The van der Waals surface area contributed by atoms with Gasteiger partial charge in [-0.2, -0.15) is 5.06 Å². The monoisotopic (exact) mass is 1350 g/mol. The lowest BCUT2D eigenvalue weighted by atomic mass is 9.78. The number of nitrogens with zero attached hydrogens (tertiary/aromatic N) is 2. The summed E-state index contributed by atoms with van der Waals surface area (Å²) in [7, 11) is 5.54. The number of ether oxygens (including phenoxy) is 7. The summed E-state index contributed by atoms with van der Waals surface area (Å²) >= 11 is 0. The lowest BCUT2D eigenvalue weighted by Gasteiger charge is -2.53. The third-order valence-electron chi connectivity index (χ3n) is 19.6. The van der Waals surface area contributed by atoms with Crippen LogP contribution in [-0.4, -0.2) is 166 Å². The molecule has 0 atom stereocenters. The highest BCUT2D eigenvalue weighted by molar-refractivity contribution is 5.69. The first kappa shape index (κ1) is 89.1. The van der Waals surface area contributed by atoms with Crippen LogP contribution < -0.4 is 16.0 Å². The van der Waals surface area contributed by atoms with Crippen LogP contribution in [0.15, 0.2) is 12.1 Å². The van der Waals surface area contributed by atoms with Crippen molar-refractivity contribution < 1.29 is 53.4 Å². The summed E-state index contributed by atoms with van der Waals surface area (Å²) in [6.45, 7) is 60.6. The van der Waals surface area contributed by atoms with Gasteiger partial charge in [0, 0.05) is 95.5 Å². The fraction of sp³-hybridized carbons (Fsp3) is 0.911. The number of rotatable bonds is 23. The number of esters is 1. The van der Waals surface area contributed by atoms with Crippen molar-refractivity contribution in [3.63, 3.8) is 0 Å². The van der Waals surface area contributed by atoms with E-state index in [4.69, 9.17) is 33.2 Å². The minimum atomic E-state index is -0.318. The quantitative estimate of drug-likeness (QED) is 0.0345. The first-order valence-electron chi connectivity index (χ1n) is 36.9. The Labute approximate surface area is 584 Å². The van der Waals surface area contributed by atoms with Crippen molar-refractivity contribution in [1.82, 2.24) is 25.9 Å². The third kappa shape index (κ3) is 33.5. The van der Waals surface area contributed by atoms with E-state index in [0.29, 0.717) is 57.6 Å². The van der Waals surface area contributed by atoms with E-state index < -0.39 is 0 Å². The number of carbonyl (C=O) groups is 1. The highest BCUT2D eigenvalue weighted by atomic mass is 16.7. The SMILES string of the molecule is CC1(C)CC(O)CC(C)(C)N1O.CC1(C)CC(OCOCCCCCCCCC(=O)OC2CC(C)(C)NC(C)(C)C2)CC(C)(C)N1.CCCCCc1cc(C(C)(C)C)c(O)c(C(C)(C)C)c1.COCOC1CC(C)(C)N(C)C(C)(C)C1.COCOC1CC(C)(C)NC(C)(C)C1. The van der Waals surface area contributed by atoms with Crippen molar-refractivity contribution in [2.75, 3.05) is 48.3 Å².